The third-order valence-corrected chi connectivity index (χ3v) is 2.69. The highest BCUT2D eigenvalue weighted by molar-refractivity contribution is 14.1. The summed E-state index contributed by atoms with van der Waals surface area (Å²) in [5, 5.41) is 0. The van der Waals surface area contributed by atoms with Gasteiger partial charge in [-0.1, -0.05) is 42.5 Å². The molecule has 1 aromatic heterocycles. The second kappa shape index (κ2) is 3.95. The maximum atomic E-state index is 4.44. The van der Waals surface area contributed by atoms with Crippen LogP contribution in [-0.4, -0.2) is 4.98 Å². The van der Waals surface area contributed by atoms with Gasteiger partial charge in [0.25, 0.3) is 0 Å². The van der Waals surface area contributed by atoms with Gasteiger partial charge in [0.05, 0.1) is 0 Å². The van der Waals surface area contributed by atoms with Gasteiger partial charge in [-0.05, 0) is 31.4 Å². The molecule has 13 heavy (non-hydrogen) atoms. The Kier molecular flexibility index (Phi) is 3.33. The molecule has 0 aromatic carbocycles. The predicted molar refractivity (Wildman–Crippen MR) is 65.4 cm³/mol. The molecule has 0 N–H and O–H groups in total. The number of hydrogen-bond acceptors (Lipinski definition) is 1. The Bertz CT molecular complexity index is 269. The van der Waals surface area contributed by atoms with Crippen molar-refractivity contribution in [3.63, 3.8) is 0 Å². The Morgan fingerprint density at radius 1 is 1.31 bits per heavy atom. The van der Waals surface area contributed by atoms with Crippen LogP contribution in [0.1, 0.15) is 44.9 Å². The largest absolute Gasteiger partial charge is 0.261 e. The molecule has 0 saturated heterocycles. The summed E-state index contributed by atoms with van der Waals surface area (Å²) in [7, 11) is 0. The predicted octanol–water partition coefficient (Wildman–Crippen LogP) is 3.88. The molecule has 0 unspecified atom stereocenters. The van der Waals surface area contributed by atoms with E-state index in [1.165, 1.54) is 11.3 Å². The Morgan fingerprint density at radius 2 is 1.92 bits per heavy atom. The monoisotopic (exact) mass is 289 g/mol. The van der Waals surface area contributed by atoms with E-state index in [0.717, 1.165) is 0 Å². The zero-order valence-corrected chi connectivity index (χ0v) is 10.8. The standard InChI is InChI=1S/C11H16IN/c1-8(2)10-6-5-9(7-13-10)11(3,4)12/h5-8H,1-4H3. The van der Waals surface area contributed by atoms with Crippen LogP contribution in [0.4, 0.5) is 0 Å². The summed E-state index contributed by atoms with van der Waals surface area (Å²) in [4.78, 5) is 4.44. The first kappa shape index (κ1) is 11.0. The Labute approximate surface area is 94.1 Å². The maximum absolute atomic E-state index is 4.44. The smallest absolute Gasteiger partial charge is 0.0429 e. The Balaban J connectivity index is 2.94. The van der Waals surface area contributed by atoms with Crippen molar-refractivity contribution in [3.8, 4) is 0 Å². The molecule has 0 amide bonds. The maximum Gasteiger partial charge on any atom is 0.0429 e. The van der Waals surface area contributed by atoms with Crippen LogP contribution in [0.2, 0.25) is 0 Å². The summed E-state index contributed by atoms with van der Waals surface area (Å²) < 4.78 is 0.181. The summed E-state index contributed by atoms with van der Waals surface area (Å²) in [5.74, 6) is 0.520. The molecule has 2 heteroatoms. The average molecular weight is 289 g/mol. The van der Waals surface area contributed by atoms with E-state index in [1.54, 1.807) is 0 Å². The number of nitrogens with zero attached hydrogens (tertiary/aromatic N) is 1. The Hall–Kier alpha value is -0.120. The van der Waals surface area contributed by atoms with E-state index in [4.69, 9.17) is 0 Å². The molecular weight excluding hydrogens is 273 g/mol. The number of hydrogen-bond donors (Lipinski definition) is 0. The first-order valence-corrected chi connectivity index (χ1v) is 5.64. The summed E-state index contributed by atoms with van der Waals surface area (Å²) in [6.45, 7) is 8.72. The number of pyridine rings is 1. The molecule has 0 aliphatic heterocycles. The van der Waals surface area contributed by atoms with Gasteiger partial charge in [0, 0.05) is 15.3 Å². The minimum atomic E-state index is 0.181. The van der Waals surface area contributed by atoms with Gasteiger partial charge < -0.3 is 0 Å². The summed E-state index contributed by atoms with van der Waals surface area (Å²) in [6, 6.07) is 4.30. The van der Waals surface area contributed by atoms with E-state index in [-0.39, 0.29) is 3.42 Å². The fourth-order valence-electron chi connectivity index (χ4n) is 1.10. The zero-order chi connectivity index (χ0) is 10.1. The molecule has 0 radical (unpaired) electrons. The van der Waals surface area contributed by atoms with E-state index in [9.17, 15) is 0 Å². The molecule has 72 valence electrons. The fourth-order valence-corrected chi connectivity index (χ4v) is 1.42. The number of halogens is 1. The van der Waals surface area contributed by atoms with Gasteiger partial charge in [0.15, 0.2) is 0 Å². The van der Waals surface area contributed by atoms with Crippen LogP contribution in [0, 0.1) is 0 Å². The lowest BCUT2D eigenvalue weighted by atomic mass is 10.0. The molecule has 0 spiro atoms. The molecule has 0 saturated carbocycles. The molecule has 0 fully saturated rings. The Morgan fingerprint density at radius 3 is 2.23 bits per heavy atom. The third kappa shape index (κ3) is 2.93. The number of alkyl halides is 1. The molecule has 0 aliphatic carbocycles. The first-order valence-electron chi connectivity index (χ1n) is 4.56. The molecule has 0 atom stereocenters. The lowest BCUT2D eigenvalue weighted by molar-refractivity contribution is 0.788. The SMILES string of the molecule is CC(C)c1ccc(C(C)(C)I)cn1. The highest BCUT2D eigenvalue weighted by Crippen LogP contribution is 2.30. The van der Waals surface area contributed by atoms with Crippen molar-refractivity contribution < 1.29 is 0 Å². The van der Waals surface area contributed by atoms with Gasteiger partial charge in [-0.2, -0.15) is 0 Å². The van der Waals surface area contributed by atoms with Gasteiger partial charge in [0.2, 0.25) is 0 Å². The van der Waals surface area contributed by atoms with Crippen LogP contribution < -0.4 is 0 Å². The van der Waals surface area contributed by atoms with Crippen LogP contribution in [0.5, 0.6) is 0 Å². The van der Waals surface area contributed by atoms with Gasteiger partial charge in [-0.25, -0.2) is 0 Å². The van der Waals surface area contributed by atoms with Gasteiger partial charge in [0.1, 0.15) is 0 Å². The van der Waals surface area contributed by atoms with Crippen molar-refractivity contribution in [1.82, 2.24) is 4.98 Å². The zero-order valence-electron chi connectivity index (χ0n) is 8.63. The molecule has 1 nitrogen and oxygen atoms in total. The van der Waals surface area contributed by atoms with Crippen molar-refractivity contribution in [2.24, 2.45) is 0 Å². The molecule has 1 aromatic rings. The second-order valence-corrected chi connectivity index (χ2v) is 6.80. The minimum absolute atomic E-state index is 0.181. The number of aromatic nitrogens is 1. The van der Waals surface area contributed by atoms with Crippen molar-refractivity contribution in [3.05, 3.63) is 29.6 Å². The minimum Gasteiger partial charge on any atom is -0.261 e. The summed E-state index contributed by atoms with van der Waals surface area (Å²) >= 11 is 2.43. The van der Waals surface area contributed by atoms with Crippen LogP contribution in [-0.2, 0) is 3.42 Å². The highest BCUT2D eigenvalue weighted by atomic mass is 127. The van der Waals surface area contributed by atoms with Crippen LogP contribution in [0.15, 0.2) is 18.3 Å². The van der Waals surface area contributed by atoms with Gasteiger partial charge in [-0.3, -0.25) is 4.98 Å². The van der Waals surface area contributed by atoms with Crippen molar-refractivity contribution in [2.45, 2.75) is 37.0 Å². The van der Waals surface area contributed by atoms with E-state index in [0.29, 0.717) is 5.92 Å². The third-order valence-electron chi connectivity index (χ3n) is 2.06. The molecule has 0 bridgehead atoms. The first-order chi connectivity index (χ1) is 5.91. The van der Waals surface area contributed by atoms with E-state index >= 15 is 0 Å². The van der Waals surface area contributed by atoms with Crippen molar-refractivity contribution >= 4 is 22.6 Å². The van der Waals surface area contributed by atoms with Crippen LogP contribution in [0.3, 0.4) is 0 Å². The van der Waals surface area contributed by atoms with Crippen LogP contribution in [0.25, 0.3) is 0 Å². The van der Waals surface area contributed by atoms with Crippen molar-refractivity contribution in [2.75, 3.05) is 0 Å². The molecule has 1 rings (SSSR count). The lowest BCUT2D eigenvalue weighted by Gasteiger charge is -2.16. The van der Waals surface area contributed by atoms with E-state index in [2.05, 4.69) is 67.4 Å². The topological polar surface area (TPSA) is 12.9 Å². The highest BCUT2D eigenvalue weighted by Gasteiger charge is 2.15. The quantitative estimate of drug-likeness (QED) is 0.595. The average Bonchev–Trinajstić information content (AvgIpc) is 2.03. The van der Waals surface area contributed by atoms with Crippen molar-refractivity contribution in [1.29, 1.82) is 0 Å². The number of rotatable bonds is 2. The molecule has 1 heterocycles. The lowest BCUT2D eigenvalue weighted by Crippen LogP contribution is -2.07. The normalized spacial score (nSPS) is 12.2. The summed E-state index contributed by atoms with van der Waals surface area (Å²) in [6.07, 6.45) is 1.99. The van der Waals surface area contributed by atoms with Gasteiger partial charge >= 0.3 is 0 Å². The molecule has 0 aliphatic rings. The molecular formula is C11H16IN. The van der Waals surface area contributed by atoms with Gasteiger partial charge in [-0.15, -0.1) is 0 Å². The fraction of sp³-hybridized carbons (Fsp3) is 0.545. The van der Waals surface area contributed by atoms with Crippen LogP contribution >= 0.6 is 22.6 Å². The van der Waals surface area contributed by atoms with E-state index < -0.39 is 0 Å². The second-order valence-electron chi connectivity index (χ2n) is 4.10. The van der Waals surface area contributed by atoms with E-state index in [1.807, 2.05) is 6.20 Å². The summed E-state index contributed by atoms with van der Waals surface area (Å²) in [5.41, 5.74) is 2.46.